The number of thiazole rings is 1. The fourth-order valence-corrected chi connectivity index (χ4v) is 5.96. The Kier molecular flexibility index (Phi) is 9.49. The summed E-state index contributed by atoms with van der Waals surface area (Å²) in [5, 5.41) is 8.88. The van der Waals surface area contributed by atoms with Gasteiger partial charge in [0.05, 0.1) is 47.2 Å². The first-order valence-corrected chi connectivity index (χ1v) is 14.1. The number of fused-ring (bicyclic) bond motifs is 1. The van der Waals surface area contributed by atoms with E-state index >= 15 is 0 Å². The molecule has 0 aliphatic carbocycles. The topological polar surface area (TPSA) is 121 Å². The van der Waals surface area contributed by atoms with Crippen LogP contribution in [0.2, 0.25) is 0 Å². The molecule has 0 N–H and O–H groups in total. The van der Waals surface area contributed by atoms with E-state index in [4.69, 9.17) is 28.9 Å². The fourth-order valence-electron chi connectivity index (χ4n) is 4.21. The van der Waals surface area contributed by atoms with Crippen molar-refractivity contribution in [1.29, 1.82) is 5.26 Å². The maximum Gasteiger partial charge on any atom is 0.337 e. The lowest BCUT2D eigenvalue weighted by molar-refractivity contribution is -0.136. The largest absolute Gasteiger partial charge is 0.493 e. The van der Waals surface area contributed by atoms with E-state index in [2.05, 4.69) is 27.6 Å². The van der Waals surface area contributed by atoms with E-state index in [0.717, 1.165) is 3.57 Å². The number of carbonyl (C=O) groups excluding carboxylic acids is 1. The number of nitriles is 1. The Morgan fingerprint density at radius 3 is 2.55 bits per heavy atom. The van der Waals surface area contributed by atoms with Crippen LogP contribution in [0.1, 0.15) is 31.0 Å². The summed E-state index contributed by atoms with van der Waals surface area (Å²) in [5.74, 6) is 1.36. The predicted octanol–water partition coefficient (Wildman–Crippen LogP) is 3.33. The summed E-state index contributed by atoms with van der Waals surface area (Å²) in [6.07, 6.45) is 3.17. The highest BCUT2D eigenvalue weighted by molar-refractivity contribution is 14.1. The monoisotopic (exact) mass is 675 g/mol. The normalized spacial score (nSPS) is 14.3. The van der Waals surface area contributed by atoms with E-state index < -0.39 is 12.0 Å². The average molecular weight is 676 g/mol. The molecule has 0 bridgehead atoms. The molecule has 0 saturated carbocycles. The summed E-state index contributed by atoms with van der Waals surface area (Å²) >= 11 is 3.29. The first-order valence-electron chi connectivity index (χ1n) is 12.2. The Morgan fingerprint density at radius 1 is 1.12 bits per heavy atom. The third-order valence-corrected chi connectivity index (χ3v) is 7.64. The molecule has 1 atom stereocenters. The number of benzene rings is 2. The summed E-state index contributed by atoms with van der Waals surface area (Å²) in [6.45, 7) is 4.49. The molecule has 0 spiro atoms. The van der Waals surface area contributed by atoms with Crippen LogP contribution in [0.25, 0.3) is 6.08 Å². The summed E-state index contributed by atoms with van der Waals surface area (Å²) < 4.78 is 30.1. The molecular weight excluding hydrogens is 649 g/mol. The van der Waals surface area contributed by atoms with Gasteiger partial charge in [-0.15, -0.1) is 0 Å². The van der Waals surface area contributed by atoms with Crippen molar-refractivity contribution in [3.8, 4) is 29.1 Å². The van der Waals surface area contributed by atoms with Crippen LogP contribution in [0.3, 0.4) is 0 Å². The Bertz CT molecular complexity index is 1690. The highest BCUT2D eigenvalue weighted by Crippen LogP contribution is 2.36. The molecule has 208 valence electrons. The Hall–Kier alpha value is -3.83. The smallest absolute Gasteiger partial charge is 0.337 e. The van der Waals surface area contributed by atoms with Crippen molar-refractivity contribution in [1.82, 2.24) is 4.57 Å². The summed E-state index contributed by atoms with van der Waals surface area (Å²) in [4.78, 5) is 31.5. The van der Waals surface area contributed by atoms with Gasteiger partial charge >= 0.3 is 5.97 Å². The molecule has 4 rings (SSSR count). The van der Waals surface area contributed by atoms with Crippen LogP contribution in [0, 0.1) is 14.9 Å². The van der Waals surface area contributed by atoms with Gasteiger partial charge in [0.1, 0.15) is 6.07 Å². The third-order valence-electron chi connectivity index (χ3n) is 5.84. The van der Waals surface area contributed by atoms with Gasteiger partial charge < -0.3 is 23.7 Å². The maximum absolute atomic E-state index is 13.8. The Morgan fingerprint density at radius 2 is 1.88 bits per heavy atom. The van der Waals surface area contributed by atoms with Gasteiger partial charge in [0.2, 0.25) is 0 Å². The molecule has 40 heavy (non-hydrogen) atoms. The van der Waals surface area contributed by atoms with Gasteiger partial charge in [-0.25, -0.2) is 9.79 Å². The molecule has 10 nitrogen and oxygen atoms in total. The van der Waals surface area contributed by atoms with Crippen molar-refractivity contribution in [2.75, 3.05) is 34.0 Å². The molecule has 12 heteroatoms. The molecule has 0 fully saturated rings. The number of hydrogen-bond acceptors (Lipinski definition) is 10. The second-order valence-corrected chi connectivity index (χ2v) is 10.4. The van der Waals surface area contributed by atoms with Crippen LogP contribution in [0.5, 0.6) is 23.0 Å². The molecule has 2 aromatic carbocycles. The minimum atomic E-state index is -0.794. The molecule has 1 aromatic heterocycles. The number of nitrogens with zero attached hydrogens (tertiary/aromatic N) is 3. The minimum absolute atomic E-state index is 0.122. The van der Waals surface area contributed by atoms with Gasteiger partial charge in [0.15, 0.2) is 34.4 Å². The first kappa shape index (κ1) is 29.2. The first-order chi connectivity index (χ1) is 19.4. The zero-order valence-electron chi connectivity index (χ0n) is 22.2. The second-order valence-electron chi connectivity index (χ2n) is 8.23. The lowest BCUT2D eigenvalue weighted by Gasteiger charge is -2.23. The number of aromatic nitrogens is 1. The zero-order chi connectivity index (χ0) is 28.8. The van der Waals surface area contributed by atoms with Crippen molar-refractivity contribution in [3.05, 3.63) is 76.5 Å². The van der Waals surface area contributed by atoms with Crippen LogP contribution in [-0.2, 0) is 9.53 Å². The molecule has 0 saturated heterocycles. The van der Waals surface area contributed by atoms with E-state index in [1.165, 1.54) is 36.3 Å². The number of ether oxygens (including phenoxy) is 5. The van der Waals surface area contributed by atoms with Gasteiger partial charge in [0.25, 0.3) is 5.56 Å². The van der Waals surface area contributed by atoms with Crippen molar-refractivity contribution < 1.29 is 28.5 Å². The molecule has 0 unspecified atom stereocenters. The van der Waals surface area contributed by atoms with Crippen molar-refractivity contribution in [2.45, 2.75) is 19.9 Å². The zero-order valence-corrected chi connectivity index (χ0v) is 25.2. The number of hydrogen-bond donors (Lipinski definition) is 0. The van der Waals surface area contributed by atoms with E-state index in [9.17, 15) is 9.59 Å². The maximum atomic E-state index is 13.8. The van der Waals surface area contributed by atoms with Crippen LogP contribution < -0.4 is 33.8 Å². The second kappa shape index (κ2) is 13.0. The van der Waals surface area contributed by atoms with Crippen LogP contribution >= 0.6 is 33.9 Å². The van der Waals surface area contributed by atoms with Crippen molar-refractivity contribution in [2.24, 2.45) is 4.99 Å². The molecule has 0 radical (unpaired) electrons. The van der Waals surface area contributed by atoms with Crippen molar-refractivity contribution in [3.63, 3.8) is 0 Å². The predicted molar refractivity (Wildman–Crippen MR) is 157 cm³/mol. The van der Waals surface area contributed by atoms with E-state index in [1.54, 1.807) is 30.3 Å². The fraction of sp³-hybridized carbons (Fsp3) is 0.286. The van der Waals surface area contributed by atoms with Crippen LogP contribution in [0.15, 0.2) is 51.9 Å². The molecular formula is C28H26IN3O7S. The van der Waals surface area contributed by atoms with Crippen LogP contribution in [0.4, 0.5) is 0 Å². The summed E-state index contributed by atoms with van der Waals surface area (Å²) in [5.41, 5.74) is 1.22. The lowest BCUT2D eigenvalue weighted by Crippen LogP contribution is -2.39. The SMILES string of the molecule is CCOc1ccc([C@@H]2C(C(=O)OC)=CN=c3s/c(=C\c4cc(I)c(OCC#N)c(OC)c4)c(=O)n32)cc1OCC. The third kappa shape index (κ3) is 5.85. The molecule has 1 aliphatic rings. The summed E-state index contributed by atoms with van der Waals surface area (Å²) in [7, 11) is 2.79. The molecule has 0 amide bonds. The molecule has 1 aliphatic heterocycles. The number of halogens is 1. The minimum Gasteiger partial charge on any atom is -0.493 e. The highest BCUT2D eigenvalue weighted by Gasteiger charge is 2.31. The van der Waals surface area contributed by atoms with E-state index in [1.807, 2.05) is 26.0 Å². The number of rotatable bonds is 10. The number of methoxy groups -OCH3 is 2. The van der Waals surface area contributed by atoms with Gasteiger partial charge in [-0.3, -0.25) is 9.36 Å². The van der Waals surface area contributed by atoms with E-state index in [-0.39, 0.29) is 17.7 Å². The number of esters is 1. The highest BCUT2D eigenvalue weighted by atomic mass is 127. The molecule has 2 heterocycles. The number of carbonyl (C=O) groups is 1. The lowest BCUT2D eigenvalue weighted by atomic mass is 9.97. The van der Waals surface area contributed by atoms with Crippen molar-refractivity contribution >= 4 is 46.0 Å². The van der Waals surface area contributed by atoms with Crippen LogP contribution in [-0.4, -0.2) is 44.6 Å². The Labute approximate surface area is 247 Å². The standard InChI is InChI=1S/C28H26IN3O7S/c1-5-37-20-8-7-17(14-21(20)38-6-2)24-18(27(34)36-4)15-31-28-32(24)26(33)23(40-28)13-16-11-19(29)25(39-10-9-30)22(12-16)35-3/h7-8,11-15,24H,5-6,10H2,1-4H3/b23-13-/t24-/m1/s1. The average Bonchev–Trinajstić information content (AvgIpc) is 3.27. The summed E-state index contributed by atoms with van der Waals surface area (Å²) in [6, 6.07) is 10.0. The van der Waals surface area contributed by atoms with Gasteiger partial charge in [-0.05, 0) is 77.9 Å². The molecule has 3 aromatic rings. The van der Waals surface area contributed by atoms with E-state index in [0.29, 0.717) is 56.7 Å². The Balaban J connectivity index is 1.88. The quantitative estimate of drug-likeness (QED) is 0.237. The van der Waals surface area contributed by atoms with Gasteiger partial charge in [-0.2, -0.15) is 5.26 Å². The van der Waals surface area contributed by atoms with Gasteiger partial charge in [-0.1, -0.05) is 17.4 Å². The van der Waals surface area contributed by atoms with Gasteiger partial charge in [0, 0.05) is 6.20 Å².